The molecular weight excluding hydrogens is 358 g/mol. The smallest absolute Gasteiger partial charge is 0.257 e. The maximum atomic E-state index is 12.9. The van der Waals surface area contributed by atoms with Gasteiger partial charge in [-0.1, -0.05) is 0 Å². The lowest BCUT2D eigenvalue weighted by molar-refractivity contribution is -0.903. The number of amides is 2. The third-order valence-electron chi connectivity index (χ3n) is 5.79. The van der Waals surface area contributed by atoms with Crippen LogP contribution in [0.3, 0.4) is 0 Å². The zero-order valence-electron chi connectivity index (χ0n) is 17.0. The van der Waals surface area contributed by atoms with Crippen molar-refractivity contribution in [2.45, 2.75) is 51.6 Å². The highest BCUT2D eigenvalue weighted by atomic mass is 16.5. The summed E-state index contributed by atoms with van der Waals surface area (Å²) in [5.74, 6) is 0.522. The number of hydrogen-bond donors (Lipinski definition) is 2. The van der Waals surface area contributed by atoms with Crippen molar-refractivity contribution in [1.82, 2.24) is 10.2 Å². The molecule has 7 nitrogen and oxygen atoms in total. The number of nitrogens with one attached hydrogen (secondary N) is 2. The molecule has 2 saturated heterocycles. The Hall–Kier alpha value is -1.86. The predicted octanol–water partition coefficient (Wildman–Crippen LogP) is 0.784. The molecule has 0 unspecified atom stereocenters. The maximum Gasteiger partial charge on any atom is 0.257 e. The van der Waals surface area contributed by atoms with Gasteiger partial charge in [0.2, 0.25) is 5.91 Å². The molecule has 2 amide bonds. The summed E-state index contributed by atoms with van der Waals surface area (Å²) in [4.78, 5) is 28.5. The van der Waals surface area contributed by atoms with Crippen LogP contribution in [-0.4, -0.2) is 68.7 Å². The van der Waals surface area contributed by atoms with Gasteiger partial charge in [-0.2, -0.15) is 0 Å². The van der Waals surface area contributed by atoms with Gasteiger partial charge in [0.25, 0.3) is 5.91 Å². The van der Waals surface area contributed by atoms with Gasteiger partial charge in [-0.05, 0) is 45.1 Å². The number of quaternary nitrogens is 1. The Balaban J connectivity index is 1.46. The van der Waals surface area contributed by atoms with Gasteiger partial charge in [0.05, 0.1) is 44.1 Å². The van der Waals surface area contributed by atoms with Crippen molar-refractivity contribution in [3.05, 3.63) is 23.7 Å². The molecule has 0 aromatic carbocycles. The van der Waals surface area contributed by atoms with E-state index in [-0.39, 0.29) is 17.9 Å². The Labute approximate surface area is 167 Å². The first-order chi connectivity index (χ1) is 13.6. The summed E-state index contributed by atoms with van der Waals surface area (Å²) < 4.78 is 11.0. The van der Waals surface area contributed by atoms with E-state index < -0.39 is 0 Å². The van der Waals surface area contributed by atoms with Crippen LogP contribution in [0.1, 0.15) is 54.6 Å². The van der Waals surface area contributed by atoms with Crippen molar-refractivity contribution < 1.29 is 23.6 Å². The molecule has 1 aromatic heterocycles. The van der Waals surface area contributed by atoms with Crippen molar-refractivity contribution in [3.63, 3.8) is 0 Å². The van der Waals surface area contributed by atoms with E-state index in [0.29, 0.717) is 37.4 Å². The van der Waals surface area contributed by atoms with Crippen LogP contribution in [0.2, 0.25) is 0 Å². The van der Waals surface area contributed by atoms with Crippen LogP contribution < -0.4 is 10.2 Å². The van der Waals surface area contributed by atoms with E-state index in [1.807, 2.05) is 0 Å². The standard InChI is InChI=1S/C21H33N3O4/c1-17-19(8-15-27-17)21(26)24(16-18-6-5-14-28-18)12-7-20(25)22-9-13-23-10-3-2-4-11-23/h8,15,18H,2-7,9-14,16H2,1H3,(H,22,25)/p+1/t18-/m0/s1. The lowest BCUT2D eigenvalue weighted by atomic mass is 10.1. The topological polar surface area (TPSA) is 76.2 Å². The second kappa shape index (κ2) is 10.6. The first-order valence-electron chi connectivity index (χ1n) is 10.7. The van der Waals surface area contributed by atoms with E-state index in [4.69, 9.17) is 9.15 Å². The quantitative estimate of drug-likeness (QED) is 0.651. The third-order valence-corrected chi connectivity index (χ3v) is 5.79. The monoisotopic (exact) mass is 392 g/mol. The van der Waals surface area contributed by atoms with Crippen LogP contribution in [0.5, 0.6) is 0 Å². The molecule has 2 aliphatic rings. The van der Waals surface area contributed by atoms with Crippen molar-refractivity contribution in [1.29, 1.82) is 0 Å². The molecule has 3 rings (SSSR count). The molecule has 156 valence electrons. The summed E-state index contributed by atoms with van der Waals surface area (Å²) in [5.41, 5.74) is 0.562. The van der Waals surface area contributed by atoms with Crippen LogP contribution in [0.25, 0.3) is 0 Å². The Bertz CT molecular complexity index is 633. The average molecular weight is 393 g/mol. The second-order valence-electron chi connectivity index (χ2n) is 7.94. The van der Waals surface area contributed by atoms with Crippen molar-refractivity contribution in [3.8, 4) is 0 Å². The summed E-state index contributed by atoms with van der Waals surface area (Å²) in [7, 11) is 0. The Morgan fingerprint density at radius 2 is 2.07 bits per heavy atom. The minimum Gasteiger partial charge on any atom is -0.469 e. The van der Waals surface area contributed by atoms with E-state index >= 15 is 0 Å². The highest BCUT2D eigenvalue weighted by molar-refractivity contribution is 5.95. The summed E-state index contributed by atoms with van der Waals surface area (Å²) in [6.45, 7) is 7.56. The van der Waals surface area contributed by atoms with Crippen molar-refractivity contribution in [2.75, 3.05) is 45.9 Å². The Morgan fingerprint density at radius 3 is 2.75 bits per heavy atom. The first kappa shape index (κ1) is 20.9. The Morgan fingerprint density at radius 1 is 1.25 bits per heavy atom. The third kappa shape index (κ3) is 6.07. The summed E-state index contributed by atoms with van der Waals surface area (Å²) in [5, 5.41) is 3.02. The summed E-state index contributed by atoms with van der Waals surface area (Å²) in [6, 6.07) is 1.70. The fraction of sp³-hybridized carbons (Fsp3) is 0.714. The number of furan rings is 1. The lowest BCUT2D eigenvalue weighted by Gasteiger charge is -2.25. The summed E-state index contributed by atoms with van der Waals surface area (Å²) >= 11 is 0. The molecule has 1 atom stereocenters. The summed E-state index contributed by atoms with van der Waals surface area (Å²) in [6.07, 6.45) is 7.79. The molecule has 0 spiro atoms. The van der Waals surface area contributed by atoms with E-state index in [2.05, 4.69) is 5.32 Å². The number of nitrogens with zero attached hydrogens (tertiary/aromatic N) is 1. The minimum atomic E-state index is -0.0905. The number of aryl methyl sites for hydroxylation is 1. The first-order valence-corrected chi connectivity index (χ1v) is 10.7. The largest absolute Gasteiger partial charge is 0.469 e. The Kier molecular flexibility index (Phi) is 7.91. The molecule has 2 N–H and O–H groups in total. The second-order valence-corrected chi connectivity index (χ2v) is 7.94. The molecule has 0 saturated carbocycles. The molecule has 3 heterocycles. The van der Waals surface area contributed by atoms with E-state index in [1.165, 1.54) is 38.6 Å². The number of ether oxygens (including phenoxy) is 1. The van der Waals surface area contributed by atoms with Crippen LogP contribution in [0.15, 0.2) is 16.7 Å². The minimum absolute atomic E-state index is 0.00506. The number of hydrogen-bond acceptors (Lipinski definition) is 4. The lowest BCUT2D eigenvalue weighted by Crippen LogP contribution is -3.13. The highest BCUT2D eigenvalue weighted by Crippen LogP contribution is 2.17. The number of carbonyl (C=O) groups is 2. The molecule has 0 bridgehead atoms. The number of carbonyl (C=O) groups excluding carboxylic acids is 2. The molecule has 2 fully saturated rings. The van der Waals surface area contributed by atoms with Gasteiger partial charge in [-0.3, -0.25) is 9.59 Å². The van der Waals surface area contributed by atoms with E-state index in [0.717, 1.165) is 26.0 Å². The van der Waals surface area contributed by atoms with Gasteiger partial charge >= 0.3 is 0 Å². The molecule has 28 heavy (non-hydrogen) atoms. The van der Waals surface area contributed by atoms with Crippen molar-refractivity contribution in [2.24, 2.45) is 0 Å². The fourth-order valence-corrected chi connectivity index (χ4v) is 4.09. The molecule has 1 aromatic rings. The van der Waals surface area contributed by atoms with Gasteiger partial charge in [-0.25, -0.2) is 0 Å². The van der Waals surface area contributed by atoms with Crippen molar-refractivity contribution >= 4 is 11.8 Å². The van der Waals surface area contributed by atoms with E-state index in [9.17, 15) is 9.59 Å². The van der Waals surface area contributed by atoms with Gasteiger partial charge in [0.15, 0.2) is 0 Å². The molecule has 2 aliphatic heterocycles. The average Bonchev–Trinajstić information content (AvgIpc) is 3.37. The van der Waals surface area contributed by atoms with Crippen LogP contribution >= 0.6 is 0 Å². The zero-order chi connectivity index (χ0) is 19.8. The van der Waals surface area contributed by atoms with Crippen LogP contribution in [0, 0.1) is 6.92 Å². The predicted molar refractivity (Wildman–Crippen MR) is 105 cm³/mol. The van der Waals surface area contributed by atoms with Gasteiger partial charge in [-0.15, -0.1) is 0 Å². The molecule has 0 aliphatic carbocycles. The van der Waals surface area contributed by atoms with Gasteiger partial charge < -0.3 is 24.3 Å². The normalized spacial score (nSPS) is 20.2. The zero-order valence-corrected chi connectivity index (χ0v) is 17.0. The maximum absolute atomic E-state index is 12.9. The van der Waals surface area contributed by atoms with E-state index in [1.54, 1.807) is 22.8 Å². The highest BCUT2D eigenvalue weighted by Gasteiger charge is 2.25. The number of rotatable bonds is 9. The number of piperidine rings is 1. The molecule has 0 radical (unpaired) electrons. The van der Waals surface area contributed by atoms with Crippen LogP contribution in [0.4, 0.5) is 0 Å². The fourth-order valence-electron chi connectivity index (χ4n) is 4.09. The molecular formula is C21H34N3O4+. The van der Waals surface area contributed by atoms with Gasteiger partial charge in [0, 0.05) is 26.1 Å². The van der Waals surface area contributed by atoms with Crippen LogP contribution in [-0.2, 0) is 9.53 Å². The SMILES string of the molecule is Cc1occc1C(=O)N(CCC(=O)NCC[NH+]1CCCCC1)C[C@@H]1CCCO1. The van der Waals surface area contributed by atoms with Gasteiger partial charge in [0.1, 0.15) is 5.76 Å². The molecule has 7 heteroatoms. The number of likely N-dealkylation sites (tertiary alicyclic amines) is 1.